The van der Waals surface area contributed by atoms with E-state index in [2.05, 4.69) is 52.3 Å². The van der Waals surface area contributed by atoms with Gasteiger partial charge in [-0.05, 0) is 30.9 Å². The second-order valence-corrected chi connectivity index (χ2v) is 6.93. The largest absolute Gasteiger partial charge is 0.368 e. The van der Waals surface area contributed by atoms with Crippen molar-refractivity contribution >= 4 is 44.7 Å². The van der Waals surface area contributed by atoms with Gasteiger partial charge >= 0.3 is 0 Å². The van der Waals surface area contributed by atoms with Gasteiger partial charge in [0, 0.05) is 16.3 Å². The molecule has 0 unspecified atom stereocenters. The van der Waals surface area contributed by atoms with Gasteiger partial charge in [-0.15, -0.1) is 22.7 Å². The zero-order chi connectivity index (χ0) is 14.8. The average molecular weight is 318 g/mol. The molecule has 110 valence electrons. The highest BCUT2D eigenvalue weighted by atomic mass is 32.1. The summed E-state index contributed by atoms with van der Waals surface area (Å²) in [5.41, 5.74) is 5.90. The summed E-state index contributed by atoms with van der Waals surface area (Å²) in [4.78, 5) is 14.8. The third kappa shape index (κ3) is 2.87. The molecule has 2 N–H and O–H groups in total. The van der Waals surface area contributed by atoms with Crippen LogP contribution in [0.15, 0.2) is 23.6 Å². The van der Waals surface area contributed by atoms with Gasteiger partial charge in [-0.3, -0.25) is 0 Å². The van der Waals surface area contributed by atoms with Gasteiger partial charge in [0.05, 0.1) is 11.9 Å². The number of fused-ring (bicyclic) bond motifs is 1. The van der Waals surface area contributed by atoms with Crippen LogP contribution in [0.2, 0.25) is 0 Å². The maximum absolute atomic E-state index is 5.90. The fourth-order valence-corrected chi connectivity index (χ4v) is 4.00. The third-order valence-corrected chi connectivity index (χ3v) is 5.43. The van der Waals surface area contributed by atoms with Crippen molar-refractivity contribution in [1.29, 1.82) is 0 Å². The summed E-state index contributed by atoms with van der Waals surface area (Å²) in [5, 5.41) is 3.22. The molecule has 21 heavy (non-hydrogen) atoms. The minimum absolute atomic E-state index is 0.353. The van der Waals surface area contributed by atoms with Crippen molar-refractivity contribution in [3.8, 4) is 0 Å². The molecule has 0 aliphatic heterocycles. The van der Waals surface area contributed by atoms with Crippen LogP contribution in [0.1, 0.15) is 23.6 Å². The van der Waals surface area contributed by atoms with Crippen molar-refractivity contribution in [3.05, 3.63) is 33.3 Å². The lowest BCUT2D eigenvalue weighted by Crippen LogP contribution is -2.23. The van der Waals surface area contributed by atoms with Gasteiger partial charge in [-0.2, -0.15) is 4.98 Å². The van der Waals surface area contributed by atoms with Gasteiger partial charge in [-0.1, -0.05) is 13.0 Å². The summed E-state index contributed by atoms with van der Waals surface area (Å²) in [5.74, 6) is 1.30. The number of anilines is 2. The predicted octanol–water partition coefficient (Wildman–Crippen LogP) is 3.92. The second-order valence-electron chi connectivity index (χ2n) is 4.78. The molecule has 4 nitrogen and oxygen atoms in total. The SMILES string of the molecule is CCc1cc2c(N(CC)Cc3cccs3)nc(N)nc2s1. The van der Waals surface area contributed by atoms with Crippen LogP contribution in [0.3, 0.4) is 0 Å². The molecular weight excluding hydrogens is 300 g/mol. The number of nitrogens with two attached hydrogens (primary N) is 1. The van der Waals surface area contributed by atoms with Crippen LogP contribution < -0.4 is 10.6 Å². The highest BCUT2D eigenvalue weighted by molar-refractivity contribution is 7.18. The Hall–Kier alpha value is -1.66. The minimum atomic E-state index is 0.353. The van der Waals surface area contributed by atoms with Crippen molar-refractivity contribution in [1.82, 2.24) is 9.97 Å². The molecule has 3 heterocycles. The molecule has 3 aromatic rings. The Labute approximate surface area is 132 Å². The molecule has 0 atom stereocenters. The Balaban J connectivity index is 2.05. The van der Waals surface area contributed by atoms with E-state index in [-0.39, 0.29) is 0 Å². The number of aryl methyl sites for hydroxylation is 1. The maximum Gasteiger partial charge on any atom is 0.223 e. The van der Waals surface area contributed by atoms with E-state index >= 15 is 0 Å². The van der Waals surface area contributed by atoms with Crippen molar-refractivity contribution < 1.29 is 0 Å². The van der Waals surface area contributed by atoms with E-state index < -0.39 is 0 Å². The Morgan fingerprint density at radius 3 is 2.76 bits per heavy atom. The summed E-state index contributed by atoms with van der Waals surface area (Å²) in [6.45, 7) is 6.05. The summed E-state index contributed by atoms with van der Waals surface area (Å²) < 4.78 is 0. The van der Waals surface area contributed by atoms with Gasteiger partial charge in [0.2, 0.25) is 5.95 Å². The fraction of sp³-hybridized carbons (Fsp3) is 0.333. The van der Waals surface area contributed by atoms with Crippen LogP contribution in [0.25, 0.3) is 10.2 Å². The molecule has 0 saturated heterocycles. The maximum atomic E-state index is 5.90. The minimum Gasteiger partial charge on any atom is -0.368 e. The molecule has 3 aromatic heterocycles. The van der Waals surface area contributed by atoms with Gasteiger partial charge < -0.3 is 10.6 Å². The second kappa shape index (κ2) is 5.99. The summed E-state index contributed by atoms with van der Waals surface area (Å²) >= 11 is 3.47. The van der Waals surface area contributed by atoms with Gasteiger partial charge in [0.25, 0.3) is 0 Å². The van der Waals surface area contributed by atoms with Gasteiger partial charge in [-0.25, -0.2) is 4.98 Å². The molecule has 0 amide bonds. The molecule has 6 heteroatoms. The van der Waals surface area contributed by atoms with E-state index in [1.165, 1.54) is 9.75 Å². The first kappa shape index (κ1) is 14.3. The van der Waals surface area contributed by atoms with Crippen LogP contribution in [0.5, 0.6) is 0 Å². The van der Waals surface area contributed by atoms with Crippen molar-refractivity contribution in [2.45, 2.75) is 26.8 Å². The Bertz CT molecular complexity index is 734. The monoisotopic (exact) mass is 318 g/mol. The predicted molar refractivity (Wildman–Crippen MR) is 92.2 cm³/mol. The smallest absolute Gasteiger partial charge is 0.223 e. The normalized spacial score (nSPS) is 11.1. The van der Waals surface area contributed by atoms with E-state index in [0.717, 1.165) is 35.5 Å². The molecule has 0 aromatic carbocycles. The molecule has 0 bridgehead atoms. The molecule has 0 radical (unpaired) electrons. The standard InChI is InChI=1S/C15H18N4S2/c1-3-10-8-12-13(17-15(16)18-14(12)21-10)19(4-2)9-11-6-5-7-20-11/h5-8H,3-4,9H2,1-2H3,(H2,16,17,18). The van der Waals surface area contributed by atoms with E-state index in [4.69, 9.17) is 5.73 Å². The lowest BCUT2D eigenvalue weighted by atomic mass is 10.3. The average Bonchev–Trinajstić information content (AvgIpc) is 3.12. The summed E-state index contributed by atoms with van der Waals surface area (Å²) in [6.07, 6.45) is 1.01. The number of nitrogens with zero attached hydrogens (tertiary/aromatic N) is 3. The number of nitrogen functional groups attached to an aromatic ring is 1. The van der Waals surface area contributed by atoms with E-state index in [0.29, 0.717) is 5.95 Å². The molecular formula is C15H18N4S2. The number of thiophene rings is 2. The van der Waals surface area contributed by atoms with Gasteiger partial charge in [0.1, 0.15) is 10.6 Å². The zero-order valence-corrected chi connectivity index (χ0v) is 13.8. The van der Waals surface area contributed by atoms with Crippen LogP contribution in [0, 0.1) is 0 Å². The van der Waals surface area contributed by atoms with Crippen LogP contribution in [0.4, 0.5) is 11.8 Å². The van der Waals surface area contributed by atoms with E-state index in [9.17, 15) is 0 Å². The van der Waals surface area contributed by atoms with Crippen molar-refractivity contribution in [2.75, 3.05) is 17.2 Å². The van der Waals surface area contributed by atoms with Crippen LogP contribution in [-0.2, 0) is 13.0 Å². The highest BCUT2D eigenvalue weighted by Gasteiger charge is 2.15. The van der Waals surface area contributed by atoms with Crippen LogP contribution in [-0.4, -0.2) is 16.5 Å². The molecule has 0 spiro atoms. The van der Waals surface area contributed by atoms with E-state index in [1.807, 2.05) is 0 Å². The summed E-state index contributed by atoms with van der Waals surface area (Å²) in [7, 11) is 0. The fourth-order valence-electron chi connectivity index (χ4n) is 2.31. The lowest BCUT2D eigenvalue weighted by molar-refractivity contribution is 0.828. The van der Waals surface area contributed by atoms with Crippen molar-refractivity contribution in [3.63, 3.8) is 0 Å². The van der Waals surface area contributed by atoms with Gasteiger partial charge in [0.15, 0.2) is 0 Å². The topological polar surface area (TPSA) is 55.0 Å². The zero-order valence-electron chi connectivity index (χ0n) is 12.2. The molecule has 0 aliphatic carbocycles. The quantitative estimate of drug-likeness (QED) is 0.774. The van der Waals surface area contributed by atoms with Crippen molar-refractivity contribution in [2.24, 2.45) is 0 Å². The molecule has 3 rings (SSSR count). The third-order valence-electron chi connectivity index (χ3n) is 3.40. The van der Waals surface area contributed by atoms with E-state index in [1.54, 1.807) is 22.7 Å². The lowest BCUT2D eigenvalue weighted by Gasteiger charge is -2.22. The molecule has 0 fully saturated rings. The number of rotatable bonds is 5. The summed E-state index contributed by atoms with van der Waals surface area (Å²) in [6, 6.07) is 6.43. The van der Waals surface area contributed by atoms with Crippen LogP contribution >= 0.6 is 22.7 Å². The number of aromatic nitrogens is 2. The Morgan fingerprint density at radius 2 is 2.10 bits per heavy atom. The molecule has 0 aliphatic rings. The Kier molecular flexibility index (Phi) is 4.07. The molecule has 0 saturated carbocycles. The number of hydrogen-bond donors (Lipinski definition) is 1. The Morgan fingerprint density at radius 1 is 1.24 bits per heavy atom. The first-order valence-electron chi connectivity index (χ1n) is 7.04. The first-order chi connectivity index (χ1) is 10.2. The number of hydrogen-bond acceptors (Lipinski definition) is 6. The highest BCUT2D eigenvalue weighted by Crippen LogP contribution is 2.32. The first-order valence-corrected chi connectivity index (χ1v) is 8.74.